The van der Waals surface area contributed by atoms with Gasteiger partial charge in [0.25, 0.3) is 0 Å². The highest BCUT2D eigenvalue weighted by molar-refractivity contribution is 7.09. The normalized spacial score (nSPS) is 16.3. The van der Waals surface area contributed by atoms with Crippen LogP contribution in [0.25, 0.3) is 6.08 Å². The highest BCUT2D eigenvalue weighted by Crippen LogP contribution is 2.47. The Balaban J connectivity index is 1.80. The molecular weight excluding hydrogens is 636 g/mol. The molecule has 11 nitrogen and oxygen atoms in total. The van der Waals surface area contributed by atoms with Crippen molar-refractivity contribution in [2.75, 3.05) is 27.9 Å². The minimum absolute atomic E-state index is 0.0292. The van der Waals surface area contributed by atoms with Crippen LogP contribution in [0.1, 0.15) is 95.5 Å². The molecule has 2 atom stereocenters. The number of rotatable bonds is 10. The first-order valence-corrected chi connectivity index (χ1v) is 16.9. The second-order valence-electron chi connectivity index (χ2n) is 11.8. The Morgan fingerprint density at radius 1 is 1.08 bits per heavy atom. The fraction of sp³-hybridized carbons (Fsp3) is 0.444. The number of ether oxygens (including phenoxy) is 4. The number of carbonyl (C=O) groups is 3. The van der Waals surface area contributed by atoms with E-state index in [0.717, 1.165) is 10.7 Å². The number of hydrogen-bond acceptors (Lipinski definition) is 11. The van der Waals surface area contributed by atoms with Crippen LogP contribution >= 0.6 is 11.3 Å². The van der Waals surface area contributed by atoms with Gasteiger partial charge >= 0.3 is 5.97 Å². The van der Waals surface area contributed by atoms with E-state index in [1.807, 2.05) is 12.3 Å². The maximum atomic E-state index is 13.7. The van der Waals surface area contributed by atoms with Crippen molar-refractivity contribution >= 4 is 35.1 Å². The molecule has 0 spiro atoms. The van der Waals surface area contributed by atoms with Gasteiger partial charge in [-0.25, -0.2) is 9.78 Å². The van der Waals surface area contributed by atoms with E-state index in [4.69, 9.17) is 18.9 Å². The third-order valence-electron chi connectivity index (χ3n) is 8.21. The first-order valence-electron chi connectivity index (χ1n) is 16.0. The van der Waals surface area contributed by atoms with Gasteiger partial charge in [0.15, 0.2) is 11.5 Å². The largest absolute Gasteiger partial charge is 0.507 e. The number of carbonyl (C=O) groups excluding carboxylic acids is 3. The van der Waals surface area contributed by atoms with Crippen LogP contribution in [0.3, 0.4) is 0 Å². The maximum absolute atomic E-state index is 13.7. The lowest BCUT2D eigenvalue weighted by molar-refractivity contribution is -0.121. The van der Waals surface area contributed by atoms with Gasteiger partial charge in [0.1, 0.15) is 22.8 Å². The quantitative estimate of drug-likeness (QED) is 0.209. The van der Waals surface area contributed by atoms with Crippen molar-refractivity contribution in [2.24, 2.45) is 0 Å². The summed E-state index contributed by atoms with van der Waals surface area (Å²) in [6, 6.07) is 4.67. The molecule has 1 aliphatic heterocycles. The van der Waals surface area contributed by atoms with Gasteiger partial charge in [0, 0.05) is 54.8 Å². The summed E-state index contributed by atoms with van der Waals surface area (Å²) in [5.74, 6) is -1.81. The van der Waals surface area contributed by atoms with E-state index in [9.17, 15) is 24.6 Å². The second-order valence-corrected chi connectivity index (χ2v) is 12.7. The molecule has 4 rings (SSSR count). The monoisotopic (exact) mass is 680 g/mol. The predicted molar refractivity (Wildman–Crippen MR) is 183 cm³/mol. The van der Waals surface area contributed by atoms with Gasteiger partial charge in [-0.15, -0.1) is 11.3 Å². The number of Topliss-reactive ketones (excluding diaryl/α,β-unsaturated/α-hetero) is 1. The lowest BCUT2D eigenvalue weighted by Gasteiger charge is -2.24. The van der Waals surface area contributed by atoms with E-state index in [1.165, 1.54) is 38.7 Å². The molecule has 0 saturated heterocycles. The van der Waals surface area contributed by atoms with E-state index >= 15 is 0 Å². The highest BCUT2D eigenvalue weighted by Gasteiger charge is 2.32. The standard InChI is InChI=1S/C36H44N2O9S/c1-21-20-48-31(38-21)14-15-37-30(41)19-26(24-17-28(44-3)35(46-5)29(18-24)45-4)33-27(40)16-23-11-7-6-8-12-25(39)13-9-10-22(2)47-36(43)32(23)34(33)42/h7,11,16-18,20,22,26,40,42H,6,8-10,12-15,19H2,1-5H3,(H,37,41)/t22-,26?/m0/s1. The molecule has 3 aromatic rings. The zero-order valence-corrected chi connectivity index (χ0v) is 28.9. The molecule has 1 amide bonds. The van der Waals surface area contributed by atoms with Gasteiger partial charge in [-0.2, -0.15) is 0 Å². The van der Waals surface area contributed by atoms with E-state index in [0.29, 0.717) is 74.3 Å². The van der Waals surface area contributed by atoms with Crippen molar-refractivity contribution in [2.45, 2.75) is 77.2 Å². The summed E-state index contributed by atoms with van der Waals surface area (Å²) in [4.78, 5) is 43.8. The number of amides is 1. The Kier molecular flexibility index (Phi) is 12.8. The number of aromatic nitrogens is 1. The van der Waals surface area contributed by atoms with Crippen molar-refractivity contribution in [1.29, 1.82) is 0 Å². The van der Waals surface area contributed by atoms with Gasteiger partial charge in [0.05, 0.1) is 32.4 Å². The molecule has 48 heavy (non-hydrogen) atoms. The average Bonchev–Trinajstić information content (AvgIpc) is 3.47. The molecule has 3 N–H and O–H groups in total. The molecule has 0 radical (unpaired) electrons. The summed E-state index contributed by atoms with van der Waals surface area (Å²) in [6.07, 6.45) is 6.34. The summed E-state index contributed by atoms with van der Waals surface area (Å²) < 4.78 is 22.4. The van der Waals surface area contributed by atoms with Crippen molar-refractivity contribution < 1.29 is 43.5 Å². The van der Waals surface area contributed by atoms with Crippen molar-refractivity contribution in [1.82, 2.24) is 10.3 Å². The second kappa shape index (κ2) is 17.0. The number of allylic oxidation sites excluding steroid dienone is 1. The molecule has 12 heteroatoms. The number of methoxy groups -OCH3 is 3. The van der Waals surface area contributed by atoms with Crippen LogP contribution in [0.4, 0.5) is 0 Å². The van der Waals surface area contributed by atoms with Crippen LogP contribution in [0.5, 0.6) is 28.7 Å². The van der Waals surface area contributed by atoms with Crippen LogP contribution in [0.15, 0.2) is 29.7 Å². The number of nitrogens with zero attached hydrogens (tertiary/aromatic N) is 1. The Morgan fingerprint density at radius 3 is 2.44 bits per heavy atom. The van der Waals surface area contributed by atoms with Gasteiger partial charge in [-0.3, -0.25) is 9.59 Å². The number of nitrogens with one attached hydrogen (secondary N) is 1. The Labute approximate surface area is 284 Å². The summed E-state index contributed by atoms with van der Waals surface area (Å²) in [7, 11) is 4.39. The lowest BCUT2D eigenvalue weighted by atomic mass is 9.84. The number of cyclic esters (lactones) is 1. The average molecular weight is 681 g/mol. The number of ketones is 1. The Hall–Kier alpha value is -4.58. The number of hydrogen-bond donors (Lipinski definition) is 3. The van der Waals surface area contributed by atoms with E-state index in [2.05, 4.69) is 10.3 Å². The fourth-order valence-corrected chi connectivity index (χ4v) is 6.57. The molecule has 1 unspecified atom stereocenters. The van der Waals surface area contributed by atoms with Crippen LogP contribution in [-0.2, 0) is 20.7 Å². The number of phenolic OH excluding ortho intramolecular Hbond substituents is 2. The zero-order valence-electron chi connectivity index (χ0n) is 28.1. The molecule has 0 saturated carbocycles. The van der Waals surface area contributed by atoms with Crippen LogP contribution < -0.4 is 19.5 Å². The number of phenols is 2. The Bertz CT molecular complexity index is 1620. The maximum Gasteiger partial charge on any atom is 0.342 e. The molecule has 1 aliphatic rings. The van der Waals surface area contributed by atoms with Crippen LogP contribution in [0, 0.1) is 6.92 Å². The van der Waals surface area contributed by atoms with Crippen LogP contribution in [-0.4, -0.2) is 66.8 Å². The first-order chi connectivity index (χ1) is 23.1. The number of thiazole rings is 1. The summed E-state index contributed by atoms with van der Waals surface area (Å²) >= 11 is 1.52. The van der Waals surface area contributed by atoms with Crippen molar-refractivity contribution in [3.63, 3.8) is 0 Å². The number of fused-ring (bicyclic) bond motifs is 1. The minimum Gasteiger partial charge on any atom is -0.507 e. The molecule has 0 aliphatic carbocycles. The van der Waals surface area contributed by atoms with Crippen molar-refractivity contribution in [3.05, 3.63) is 62.6 Å². The zero-order chi connectivity index (χ0) is 34.8. The fourth-order valence-electron chi connectivity index (χ4n) is 5.79. The molecule has 258 valence electrons. The molecule has 0 fully saturated rings. The molecule has 2 heterocycles. The van der Waals surface area contributed by atoms with Gasteiger partial charge < -0.3 is 34.5 Å². The third-order valence-corrected chi connectivity index (χ3v) is 9.23. The van der Waals surface area contributed by atoms with Gasteiger partial charge in [-0.05, 0) is 68.9 Å². The van der Waals surface area contributed by atoms with E-state index in [1.54, 1.807) is 31.2 Å². The number of benzene rings is 2. The summed E-state index contributed by atoms with van der Waals surface area (Å²) in [5, 5.41) is 29.1. The van der Waals surface area contributed by atoms with Crippen LogP contribution in [0.2, 0.25) is 0 Å². The highest BCUT2D eigenvalue weighted by atomic mass is 32.1. The SMILES string of the molecule is COc1cc(C(CC(=O)NCCc2nc(C)cs2)c2c(O)cc3c(c2O)C(=O)O[C@@H](C)CCCC(=O)CCCC=C3)cc(OC)c1OC. The molecule has 2 aromatic carbocycles. The summed E-state index contributed by atoms with van der Waals surface area (Å²) in [5.41, 5.74) is 1.47. The number of aryl methyl sites for hydroxylation is 1. The molecule has 0 bridgehead atoms. The van der Waals surface area contributed by atoms with Crippen molar-refractivity contribution in [3.8, 4) is 28.7 Å². The smallest absolute Gasteiger partial charge is 0.342 e. The summed E-state index contributed by atoms with van der Waals surface area (Å²) in [6.45, 7) is 3.97. The minimum atomic E-state index is -0.959. The topological polar surface area (TPSA) is 154 Å². The molecular formula is C36H44N2O9S. The lowest BCUT2D eigenvalue weighted by Crippen LogP contribution is -2.27. The van der Waals surface area contributed by atoms with Gasteiger partial charge in [0.2, 0.25) is 11.7 Å². The van der Waals surface area contributed by atoms with Gasteiger partial charge in [-0.1, -0.05) is 12.2 Å². The van der Waals surface area contributed by atoms with E-state index < -0.39 is 23.7 Å². The number of esters is 1. The number of aromatic hydroxyl groups is 2. The first kappa shape index (κ1) is 36.3. The predicted octanol–water partition coefficient (Wildman–Crippen LogP) is 6.25. The Morgan fingerprint density at radius 2 is 1.79 bits per heavy atom. The third kappa shape index (κ3) is 9.06. The molecule has 1 aromatic heterocycles. The van der Waals surface area contributed by atoms with E-state index in [-0.39, 0.29) is 40.6 Å².